The van der Waals surface area contributed by atoms with Gasteiger partial charge in [0.1, 0.15) is 5.82 Å². The van der Waals surface area contributed by atoms with Crippen molar-refractivity contribution < 1.29 is 0 Å². The summed E-state index contributed by atoms with van der Waals surface area (Å²) < 4.78 is 0. The summed E-state index contributed by atoms with van der Waals surface area (Å²) in [5, 5.41) is 5.60. The van der Waals surface area contributed by atoms with Gasteiger partial charge in [-0.25, -0.2) is 9.97 Å². The first-order valence-corrected chi connectivity index (χ1v) is 8.08. The van der Waals surface area contributed by atoms with E-state index in [1.807, 2.05) is 12.4 Å². The zero-order chi connectivity index (χ0) is 15.5. The van der Waals surface area contributed by atoms with Crippen molar-refractivity contribution in [3.8, 4) is 0 Å². The minimum atomic E-state index is 0.115. The summed E-state index contributed by atoms with van der Waals surface area (Å²) in [5.74, 6) is 0.994. The average Bonchev–Trinajstić information content (AvgIpc) is 2.88. The maximum absolute atomic E-state index is 4.63. The second kappa shape index (κ2) is 6.54. The van der Waals surface area contributed by atoms with Crippen molar-refractivity contribution in [2.45, 2.75) is 46.3 Å². The Morgan fingerprint density at radius 2 is 2.05 bits per heavy atom. The average molecular weight is 304 g/mol. The zero-order valence-electron chi connectivity index (χ0n) is 13.5. The van der Waals surface area contributed by atoms with Gasteiger partial charge in [-0.2, -0.15) is 0 Å². The van der Waals surface area contributed by atoms with Gasteiger partial charge in [-0.15, -0.1) is 11.3 Å². The van der Waals surface area contributed by atoms with Gasteiger partial charge in [-0.05, 0) is 45.4 Å². The van der Waals surface area contributed by atoms with Crippen molar-refractivity contribution in [2.75, 3.05) is 11.9 Å². The molecule has 0 fully saturated rings. The van der Waals surface area contributed by atoms with Crippen LogP contribution in [0.15, 0.2) is 23.0 Å². The van der Waals surface area contributed by atoms with E-state index in [4.69, 9.17) is 0 Å². The largest absolute Gasteiger partial charge is 0.354 e. The van der Waals surface area contributed by atoms with Crippen LogP contribution in [-0.4, -0.2) is 22.6 Å². The number of hydrogen-bond acceptors (Lipinski definition) is 5. The molecule has 0 aliphatic heterocycles. The van der Waals surface area contributed by atoms with Gasteiger partial charge < -0.3 is 10.2 Å². The number of aryl methyl sites for hydroxylation is 1. The van der Waals surface area contributed by atoms with Crippen molar-refractivity contribution in [1.82, 2.24) is 15.3 Å². The van der Waals surface area contributed by atoms with Crippen molar-refractivity contribution in [2.24, 2.45) is 0 Å². The van der Waals surface area contributed by atoms with E-state index in [-0.39, 0.29) is 5.54 Å². The third-order valence-corrected chi connectivity index (χ3v) is 3.73. The molecule has 4 nitrogen and oxygen atoms in total. The van der Waals surface area contributed by atoms with Crippen molar-refractivity contribution in [1.29, 1.82) is 0 Å². The fraction of sp³-hybridized carbons (Fsp3) is 0.500. The van der Waals surface area contributed by atoms with Gasteiger partial charge in [0.25, 0.3) is 0 Å². The molecule has 0 aromatic carbocycles. The number of nitrogens with zero attached hydrogens (tertiary/aromatic N) is 3. The Labute approximate surface area is 131 Å². The molecule has 0 saturated carbocycles. The van der Waals surface area contributed by atoms with Crippen molar-refractivity contribution in [3.63, 3.8) is 0 Å². The number of anilines is 1. The monoisotopic (exact) mass is 304 g/mol. The second-order valence-electron chi connectivity index (χ2n) is 6.41. The molecular weight excluding hydrogens is 280 g/mol. The van der Waals surface area contributed by atoms with Gasteiger partial charge >= 0.3 is 0 Å². The van der Waals surface area contributed by atoms with E-state index in [0.717, 1.165) is 30.3 Å². The minimum Gasteiger partial charge on any atom is -0.354 e. The molecule has 21 heavy (non-hydrogen) atoms. The van der Waals surface area contributed by atoms with E-state index < -0.39 is 0 Å². The number of rotatable bonds is 5. The molecule has 0 aliphatic rings. The molecule has 0 unspecified atom stereocenters. The molecule has 5 heteroatoms. The second-order valence-corrected chi connectivity index (χ2v) is 7.13. The SMILES string of the molecule is Cc1cc(CNC(C)(C)C)cc(N(C)Cc2cscn2)n1. The first kappa shape index (κ1) is 15.9. The highest BCUT2D eigenvalue weighted by atomic mass is 32.1. The predicted molar refractivity (Wildman–Crippen MR) is 89.8 cm³/mol. The lowest BCUT2D eigenvalue weighted by atomic mass is 10.1. The molecule has 2 aromatic heterocycles. The third kappa shape index (κ3) is 5.10. The lowest BCUT2D eigenvalue weighted by molar-refractivity contribution is 0.424. The van der Waals surface area contributed by atoms with Crippen LogP contribution >= 0.6 is 11.3 Å². The van der Waals surface area contributed by atoms with Crippen molar-refractivity contribution in [3.05, 3.63) is 40.0 Å². The highest BCUT2D eigenvalue weighted by molar-refractivity contribution is 7.07. The summed E-state index contributed by atoms with van der Waals surface area (Å²) in [4.78, 5) is 11.1. The Hall–Kier alpha value is -1.46. The smallest absolute Gasteiger partial charge is 0.129 e. The summed E-state index contributed by atoms with van der Waals surface area (Å²) in [6.45, 7) is 10.2. The van der Waals surface area contributed by atoms with Crippen molar-refractivity contribution >= 4 is 17.2 Å². The number of pyridine rings is 1. The number of aromatic nitrogens is 2. The Balaban J connectivity index is 2.10. The Morgan fingerprint density at radius 1 is 1.29 bits per heavy atom. The normalized spacial score (nSPS) is 11.7. The molecule has 0 bridgehead atoms. The molecule has 0 radical (unpaired) electrons. The Morgan fingerprint density at radius 3 is 2.67 bits per heavy atom. The first-order chi connectivity index (χ1) is 9.83. The van der Waals surface area contributed by atoms with Crippen LogP contribution in [0, 0.1) is 6.92 Å². The molecule has 114 valence electrons. The summed E-state index contributed by atoms with van der Waals surface area (Å²) in [6.07, 6.45) is 0. The maximum Gasteiger partial charge on any atom is 0.129 e. The van der Waals surface area contributed by atoms with Crippen LogP contribution in [0.5, 0.6) is 0 Å². The van der Waals surface area contributed by atoms with Crippen LogP contribution in [0.2, 0.25) is 0 Å². The van der Waals surface area contributed by atoms with Gasteiger partial charge in [0.15, 0.2) is 0 Å². The topological polar surface area (TPSA) is 41.0 Å². The van der Waals surface area contributed by atoms with Crippen LogP contribution in [0.1, 0.15) is 37.7 Å². The number of thiazole rings is 1. The molecule has 1 N–H and O–H groups in total. The summed E-state index contributed by atoms with van der Waals surface area (Å²) in [5.41, 5.74) is 5.37. The van der Waals surface area contributed by atoms with E-state index in [0.29, 0.717) is 0 Å². The molecule has 0 aliphatic carbocycles. The third-order valence-electron chi connectivity index (χ3n) is 3.10. The quantitative estimate of drug-likeness (QED) is 0.919. The minimum absolute atomic E-state index is 0.115. The van der Waals surface area contributed by atoms with E-state index >= 15 is 0 Å². The van der Waals surface area contributed by atoms with Gasteiger partial charge in [-0.3, -0.25) is 0 Å². The molecule has 0 amide bonds. The zero-order valence-corrected chi connectivity index (χ0v) is 14.3. The molecule has 2 aromatic rings. The van der Waals surface area contributed by atoms with Crippen LogP contribution in [0.4, 0.5) is 5.82 Å². The van der Waals surface area contributed by atoms with E-state index in [9.17, 15) is 0 Å². The Bertz CT molecular complexity index is 572. The van der Waals surface area contributed by atoms with Crippen LogP contribution in [-0.2, 0) is 13.1 Å². The molecule has 0 spiro atoms. The lowest BCUT2D eigenvalue weighted by Gasteiger charge is -2.22. The Kier molecular flexibility index (Phi) is 4.96. The molecule has 2 heterocycles. The fourth-order valence-corrected chi connectivity index (χ4v) is 2.58. The summed E-state index contributed by atoms with van der Waals surface area (Å²) in [6, 6.07) is 4.29. The first-order valence-electron chi connectivity index (χ1n) is 7.14. The van der Waals surface area contributed by atoms with Gasteiger partial charge in [0.05, 0.1) is 17.7 Å². The fourth-order valence-electron chi connectivity index (χ4n) is 2.03. The van der Waals surface area contributed by atoms with E-state index in [1.165, 1.54) is 5.56 Å². The number of hydrogen-bond donors (Lipinski definition) is 1. The molecular formula is C16H24N4S. The van der Waals surface area contributed by atoms with Gasteiger partial charge in [-0.1, -0.05) is 0 Å². The predicted octanol–water partition coefficient (Wildman–Crippen LogP) is 3.37. The van der Waals surface area contributed by atoms with Gasteiger partial charge in [0.2, 0.25) is 0 Å². The van der Waals surface area contributed by atoms with Crippen LogP contribution in [0.3, 0.4) is 0 Å². The highest BCUT2D eigenvalue weighted by Gasteiger charge is 2.11. The van der Waals surface area contributed by atoms with Crippen LogP contribution < -0.4 is 10.2 Å². The number of nitrogens with one attached hydrogen (secondary N) is 1. The summed E-state index contributed by atoms with van der Waals surface area (Å²) >= 11 is 1.63. The maximum atomic E-state index is 4.63. The van der Waals surface area contributed by atoms with E-state index in [2.05, 4.69) is 65.5 Å². The van der Waals surface area contributed by atoms with Crippen LogP contribution in [0.25, 0.3) is 0 Å². The molecule has 0 saturated heterocycles. The highest BCUT2D eigenvalue weighted by Crippen LogP contribution is 2.17. The summed E-state index contributed by atoms with van der Waals surface area (Å²) in [7, 11) is 2.06. The van der Waals surface area contributed by atoms with E-state index in [1.54, 1.807) is 11.3 Å². The lowest BCUT2D eigenvalue weighted by Crippen LogP contribution is -2.35. The van der Waals surface area contributed by atoms with Gasteiger partial charge in [0, 0.05) is 30.2 Å². The molecule has 0 atom stereocenters. The standard InChI is InChI=1S/C16H24N4S/c1-12-6-13(8-18-16(2,3)4)7-15(19-12)20(5)9-14-10-21-11-17-14/h6-7,10-11,18H,8-9H2,1-5H3. The molecule has 2 rings (SSSR count).